The smallest absolute Gasteiger partial charge is 0.285 e. The Morgan fingerprint density at radius 1 is 0.625 bits per heavy atom. The predicted molar refractivity (Wildman–Crippen MR) is 100 cm³/mol. The van der Waals surface area contributed by atoms with E-state index < -0.39 is 5.97 Å². The molecule has 0 radical (unpaired) electrons. The third-order valence-electron chi connectivity index (χ3n) is 4.70. The number of ether oxygens (including phenoxy) is 4. The lowest BCUT2D eigenvalue weighted by Crippen LogP contribution is -2.44. The van der Waals surface area contributed by atoms with Gasteiger partial charge in [0.05, 0.1) is 0 Å². The molecule has 1 unspecified atom stereocenters. The van der Waals surface area contributed by atoms with E-state index in [0.717, 1.165) is 45.3 Å². The number of hydrogen-bond donors (Lipinski definition) is 0. The van der Waals surface area contributed by atoms with E-state index in [2.05, 4.69) is 13.8 Å². The highest BCUT2D eigenvalue weighted by molar-refractivity contribution is 4.71. The van der Waals surface area contributed by atoms with Gasteiger partial charge in [0.25, 0.3) is 5.97 Å². The van der Waals surface area contributed by atoms with Crippen molar-refractivity contribution in [2.45, 2.75) is 90.4 Å². The van der Waals surface area contributed by atoms with E-state index >= 15 is 0 Å². The summed E-state index contributed by atoms with van der Waals surface area (Å²) in [7, 11) is 5.02. The number of hydrogen-bond acceptors (Lipinski definition) is 4. The van der Waals surface area contributed by atoms with Crippen LogP contribution in [0.25, 0.3) is 0 Å². The van der Waals surface area contributed by atoms with E-state index in [1.54, 1.807) is 21.3 Å². The molecule has 0 aromatic rings. The maximum Gasteiger partial charge on any atom is 0.285 e. The summed E-state index contributed by atoms with van der Waals surface area (Å²) in [5, 5.41) is 0. The van der Waals surface area contributed by atoms with Gasteiger partial charge in [0.2, 0.25) is 0 Å². The van der Waals surface area contributed by atoms with E-state index in [1.165, 1.54) is 38.5 Å². The van der Waals surface area contributed by atoms with E-state index in [-0.39, 0.29) is 5.92 Å². The zero-order valence-electron chi connectivity index (χ0n) is 16.9. The Bertz CT molecular complexity index is 230. The second kappa shape index (κ2) is 16.3. The van der Waals surface area contributed by atoms with Gasteiger partial charge in [0, 0.05) is 40.5 Å². The Labute approximate surface area is 150 Å². The monoisotopic (exact) mass is 346 g/mol. The Hall–Kier alpha value is -0.160. The molecule has 0 aliphatic heterocycles. The summed E-state index contributed by atoms with van der Waals surface area (Å²) in [4.78, 5) is 0. The summed E-state index contributed by atoms with van der Waals surface area (Å²) < 4.78 is 22.4. The Morgan fingerprint density at radius 3 is 1.71 bits per heavy atom. The number of unbranched alkanes of at least 4 members (excludes halogenated alkanes) is 6. The third-order valence-corrected chi connectivity index (χ3v) is 4.70. The maximum absolute atomic E-state index is 5.61. The molecule has 0 aromatic carbocycles. The highest BCUT2D eigenvalue weighted by atomic mass is 16.9. The molecule has 0 saturated heterocycles. The molecular weight excluding hydrogens is 304 g/mol. The van der Waals surface area contributed by atoms with Gasteiger partial charge in [-0.05, 0) is 25.7 Å². The molecule has 0 N–H and O–H groups in total. The van der Waals surface area contributed by atoms with E-state index in [1.807, 2.05) is 0 Å². The van der Waals surface area contributed by atoms with Gasteiger partial charge in [-0.15, -0.1) is 0 Å². The van der Waals surface area contributed by atoms with E-state index in [0.29, 0.717) is 0 Å². The molecule has 4 nitrogen and oxygen atoms in total. The van der Waals surface area contributed by atoms with Gasteiger partial charge in [-0.2, -0.15) is 0 Å². The fourth-order valence-electron chi connectivity index (χ4n) is 3.26. The fourth-order valence-corrected chi connectivity index (χ4v) is 3.26. The average molecular weight is 347 g/mol. The molecule has 0 heterocycles. The topological polar surface area (TPSA) is 36.9 Å². The van der Waals surface area contributed by atoms with Crippen LogP contribution in [0.2, 0.25) is 0 Å². The van der Waals surface area contributed by atoms with Gasteiger partial charge in [-0.25, -0.2) is 0 Å². The molecule has 146 valence electrons. The second-order valence-corrected chi connectivity index (χ2v) is 6.58. The van der Waals surface area contributed by atoms with Gasteiger partial charge < -0.3 is 18.9 Å². The van der Waals surface area contributed by atoms with Crippen molar-refractivity contribution in [2.75, 3.05) is 34.5 Å². The lowest BCUT2D eigenvalue weighted by Gasteiger charge is -2.36. The van der Waals surface area contributed by atoms with Gasteiger partial charge in [-0.1, -0.05) is 58.8 Å². The van der Waals surface area contributed by atoms with Crippen LogP contribution in [0.3, 0.4) is 0 Å². The molecule has 0 bridgehead atoms. The fraction of sp³-hybridized carbons (Fsp3) is 1.00. The summed E-state index contributed by atoms with van der Waals surface area (Å²) in [6, 6.07) is 0. The summed E-state index contributed by atoms with van der Waals surface area (Å²) in [6.45, 7) is 6.10. The maximum atomic E-state index is 5.61. The summed E-state index contributed by atoms with van der Waals surface area (Å²) in [5.74, 6) is -0.650. The quantitative estimate of drug-likeness (QED) is 0.241. The molecule has 0 amide bonds. The van der Waals surface area contributed by atoms with Crippen LogP contribution in [-0.4, -0.2) is 40.5 Å². The number of methoxy groups -OCH3 is 3. The first-order valence-electron chi connectivity index (χ1n) is 9.93. The van der Waals surface area contributed by atoms with Crippen molar-refractivity contribution in [3.63, 3.8) is 0 Å². The van der Waals surface area contributed by atoms with Gasteiger partial charge in [0.15, 0.2) is 0 Å². The molecule has 4 heteroatoms. The van der Waals surface area contributed by atoms with Crippen LogP contribution < -0.4 is 0 Å². The van der Waals surface area contributed by atoms with Crippen molar-refractivity contribution in [3.05, 3.63) is 0 Å². The van der Waals surface area contributed by atoms with E-state index in [4.69, 9.17) is 18.9 Å². The normalized spacial score (nSPS) is 13.4. The zero-order chi connectivity index (χ0) is 18.1. The lowest BCUT2D eigenvalue weighted by atomic mass is 9.92. The van der Waals surface area contributed by atoms with Gasteiger partial charge in [0.1, 0.15) is 0 Å². The minimum Gasteiger partial charge on any atom is -0.381 e. The minimum atomic E-state index is -0.909. The van der Waals surface area contributed by atoms with E-state index in [9.17, 15) is 0 Å². The molecule has 0 rings (SSSR count). The Morgan fingerprint density at radius 2 is 1.17 bits per heavy atom. The molecule has 24 heavy (non-hydrogen) atoms. The molecular formula is C20H42O4. The largest absolute Gasteiger partial charge is 0.381 e. The van der Waals surface area contributed by atoms with Crippen molar-refractivity contribution < 1.29 is 18.9 Å². The highest BCUT2D eigenvalue weighted by Crippen LogP contribution is 2.32. The first-order valence-corrected chi connectivity index (χ1v) is 9.93. The molecule has 0 fully saturated rings. The van der Waals surface area contributed by atoms with Crippen LogP contribution in [-0.2, 0) is 18.9 Å². The molecule has 0 aromatic heterocycles. The van der Waals surface area contributed by atoms with Crippen LogP contribution in [0.4, 0.5) is 0 Å². The third kappa shape index (κ3) is 9.97. The zero-order valence-corrected chi connectivity index (χ0v) is 16.9. The van der Waals surface area contributed by atoms with Crippen LogP contribution in [0, 0.1) is 5.92 Å². The van der Waals surface area contributed by atoms with Gasteiger partial charge >= 0.3 is 0 Å². The SMILES string of the molecule is CCCCCCCCC(CCCCOCCC)C(OC)(OC)OC. The van der Waals surface area contributed by atoms with Crippen molar-refractivity contribution in [1.82, 2.24) is 0 Å². The van der Waals surface area contributed by atoms with Crippen LogP contribution in [0.5, 0.6) is 0 Å². The van der Waals surface area contributed by atoms with Gasteiger partial charge in [-0.3, -0.25) is 0 Å². The van der Waals surface area contributed by atoms with Crippen LogP contribution >= 0.6 is 0 Å². The van der Waals surface area contributed by atoms with Crippen molar-refractivity contribution in [3.8, 4) is 0 Å². The highest BCUT2D eigenvalue weighted by Gasteiger charge is 2.39. The summed E-state index contributed by atoms with van der Waals surface area (Å²) in [5.41, 5.74) is 0. The molecule has 0 saturated carbocycles. The minimum absolute atomic E-state index is 0.259. The summed E-state index contributed by atoms with van der Waals surface area (Å²) >= 11 is 0. The molecule has 0 aliphatic carbocycles. The standard InChI is InChI=1S/C20H42O4/c1-6-8-9-10-11-12-15-19(20(21-3,22-4)23-5)16-13-14-18-24-17-7-2/h19H,6-18H2,1-5H3. The van der Waals surface area contributed by atoms with Crippen molar-refractivity contribution in [1.29, 1.82) is 0 Å². The average Bonchev–Trinajstić information content (AvgIpc) is 2.62. The second-order valence-electron chi connectivity index (χ2n) is 6.58. The predicted octanol–water partition coefficient (Wildman–Crippen LogP) is 5.54. The molecule has 0 aliphatic rings. The van der Waals surface area contributed by atoms with Crippen LogP contribution in [0.1, 0.15) is 84.5 Å². The van der Waals surface area contributed by atoms with Crippen molar-refractivity contribution in [2.24, 2.45) is 5.92 Å². The Kier molecular flexibility index (Phi) is 16.2. The molecule has 0 spiro atoms. The first kappa shape index (κ1) is 23.8. The summed E-state index contributed by atoms with van der Waals surface area (Å²) in [6.07, 6.45) is 13.2. The van der Waals surface area contributed by atoms with Crippen molar-refractivity contribution >= 4 is 0 Å². The molecule has 1 atom stereocenters. The number of rotatable bonds is 18. The lowest BCUT2D eigenvalue weighted by molar-refractivity contribution is -0.380. The Balaban J connectivity index is 4.28. The first-order chi connectivity index (χ1) is 11.7. The van der Waals surface area contributed by atoms with Crippen LogP contribution in [0.15, 0.2) is 0 Å².